The molecule has 0 saturated heterocycles. The molecule has 4 rings (SSSR count). The summed E-state index contributed by atoms with van der Waals surface area (Å²) in [5.41, 5.74) is 5.27. The van der Waals surface area contributed by atoms with Crippen molar-refractivity contribution in [3.05, 3.63) is 62.5 Å². The zero-order chi connectivity index (χ0) is 18.6. The number of aromatic amines is 1. The summed E-state index contributed by atoms with van der Waals surface area (Å²) in [6, 6.07) is 9.66. The second kappa shape index (κ2) is 5.88. The molecule has 2 aromatic carbocycles. The van der Waals surface area contributed by atoms with Gasteiger partial charge in [0.1, 0.15) is 0 Å². The van der Waals surface area contributed by atoms with Crippen molar-refractivity contribution in [1.29, 1.82) is 0 Å². The van der Waals surface area contributed by atoms with Crippen LogP contribution in [-0.4, -0.2) is 14.5 Å². The van der Waals surface area contributed by atoms with Crippen molar-refractivity contribution >= 4 is 45.0 Å². The first-order valence-electron chi connectivity index (χ1n) is 8.39. The number of imidazole rings is 1. The Balaban J connectivity index is 2.00. The van der Waals surface area contributed by atoms with Crippen molar-refractivity contribution in [2.45, 2.75) is 20.8 Å². The summed E-state index contributed by atoms with van der Waals surface area (Å²) in [6.45, 7) is 5.92. The highest BCUT2D eigenvalue weighted by molar-refractivity contribution is 6.33. The molecule has 0 aliphatic heterocycles. The number of fused-ring (bicyclic) bond motifs is 3. The second-order valence-corrected chi connectivity index (χ2v) is 7.02. The van der Waals surface area contributed by atoms with Gasteiger partial charge < -0.3 is 14.9 Å². The molecule has 2 heterocycles. The van der Waals surface area contributed by atoms with E-state index in [-0.39, 0.29) is 5.56 Å². The Morgan fingerprint density at radius 2 is 1.92 bits per heavy atom. The predicted octanol–water partition coefficient (Wildman–Crippen LogP) is 4.74. The zero-order valence-corrected chi connectivity index (χ0v) is 15.8. The van der Waals surface area contributed by atoms with Gasteiger partial charge in [-0.3, -0.25) is 4.79 Å². The molecule has 0 atom stereocenters. The fourth-order valence-corrected chi connectivity index (χ4v) is 3.66. The molecular formula is C20H19ClN4O. The topological polar surface area (TPSA) is 62.7 Å². The number of benzene rings is 2. The van der Waals surface area contributed by atoms with Gasteiger partial charge in [-0.05, 0) is 49.4 Å². The molecule has 2 N–H and O–H groups in total. The number of rotatable bonds is 2. The lowest BCUT2D eigenvalue weighted by Crippen LogP contribution is -2.11. The minimum Gasteiger partial charge on any atom is -0.326 e. The molecular weight excluding hydrogens is 348 g/mol. The fraction of sp³-hybridized carbons (Fsp3) is 0.200. The molecule has 0 aliphatic rings. The van der Waals surface area contributed by atoms with Crippen LogP contribution in [-0.2, 0) is 7.05 Å². The molecule has 0 amide bonds. The highest BCUT2D eigenvalue weighted by Gasteiger charge is 2.16. The average Bonchev–Trinajstić information content (AvgIpc) is 2.92. The maximum absolute atomic E-state index is 12.7. The van der Waals surface area contributed by atoms with E-state index in [0.717, 1.165) is 38.9 Å². The molecule has 0 aliphatic carbocycles. The van der Waals surface area contributed by atoms with E-state index in [4.69, 9.17) is 11.6 Å². The number of anilines is 2. The van der Waals surface area contributed by atoms with E-state index in [1.165, 1.54) is 0 Å². The van der Waals surface area contributed by atoms with Crippen molar-refractivity contribution < 1.29 is 0 Å². The molecule has 0 spiro atoms. The summed E-state index contributed by atoms with van der Waals surface area (Å²) in [5.74, 6) is 0.640. The van der Waals surface area contributed by atoms with Crippen LogP contribution in [0.2, 0.25) is 5.02 Å². The van der Waals surface area contributed by atoms with E-state index in [1.807, 2.05) is 62.7 Å². The first-order valence-corrected chi connectivity index (χ1v) is 8.77. The SMILES string of the molecule is Cc1cccc(Cl)c1Nc1nc2ccc3c(C)c(C)[nH]c(=O)c3c2n1C. The molecule has 0 unspecified atom stereocenters. The van der Waals surface area contributed by atoms with E-state index in [9.17, 15) is 4.79 Å². The lowest BCUT2D eigenvalue weighted by molar-refractivity contribution is 0.959. The van der Waals surface area contributed by atoms with Gasteiger partial charge in [0.2, 0.25) is 5.95 Å². The summed E-state index contributed by atoms with van der Waals surface area (Å²) in [5, 5.41) is 5.55. The van der Waals surface area contributed by atoms with Crippen molar-refractivity contribution in [3.63, 3.8) is 0 Å². The molecule has 5 nitrogen and oxygen atoms in total. The molecule has 4 aromatic rings. The second-order valence-electron chi connectivity index (χ2n) is 6.61. The number of pyridine rings is 1. The Labute approximate surface area is 155 Å². The predicted molar refractivity (Wildman–Crippen MR) is 108 cm³/mol. The Morgan fingerprint density at radius 3 is 2.65 bits per heavy atom. The van der Waals surface area contributed by atoms with Crippen LogP contribution in [0.3, 0.4) is 0 Å². The standard InChI is InChI=1S/C20H19ClN4O/c1-10-6-5-7-14(21)17(10)24-20-23-15-9-8-13-11(2)12(3)22-19(26)16(13)18(15)25(20)4/h5-9H,1-4H3,(H,22,26)(H,23,24). The summed E-state index contributed by atoms with van der Waals surface area (Å²) >= 11 is 6.33. The number of aryl methyl sites for hydroxylation is 4. The van der Waals surface area contributed by atoms with Crippen LogP contribution in [0.5, 0.6) is 0 Å². The van der Waals surface area contributed by atoms with Gasteiger partial charge >= 0.3 is 0 Å². The van der Waals surface area contributed by atoms with Crippen LogP contribution in [0.15, 0.2) is 35.1 Å². The summed E-state index contributed by atoms with van der Waals surface area (Å²) in [6.07, 6.45) is 0. The number of hydrogen-bond acceptors (Lipinski definition) is 3. The first kappa shape index (κ1) is 16.7. The van der Waals surface area contributed by atoms with Gasteiger partial charge in [0.15, 0.2) is 0 Å². The Bertz CT molecular complexity index is 1220. The van der Waals surface area contributed by atoms with Crippen LogP contribution in [0, 0.1) is 20.8 Å². The largest absolute Gasteiger partial charge is 0.326 e. The molecule has 0 fully saturated rings. The fourth-order valence-electron chi connectivity index (χ4n) is 3.39. The van der Waals surface area contributed by atoms with Crippen molar-refractivity contribution in [2.75, 3.05) is 5.32 Å². The third-order valence-electron chi connectivity index (χ3n) is 4.99. The quantitative estimate of drug-likeness (QED) is 0.538. The van der Waals surface area contributed by atoms with Crippen LogP contribution in [0.4, 0.5) is 11.6 Å². The lowest BCUT2D eigenvalue weighted by atomic mass is 10.0. The number of H-pyrrole nitrogens is 1. The minimum absolute atomic E-state index is 0.0998. The minimum atomic E-state index is -0.0998. The van der Waals surface area contributed by atoms with E-state index < -0.39 is 0 Å². The van der Waals surface area contributed by atoms with Crippen LogP contribution < -0.4 is 10.9 Å². The van der Waals surface area contributed by atoms with E-state index in [2.05, 4.69) is 15.3 Å². The first-order chi connectivity index (χ1) is 12.4. The van der Waals surface area contributed by atoms with Gasteiger partial charge in [-0.2, -0.15) is 0 Å². The maximum Gasteiger partial charge on any atom is 0.258 e. The monoisotopic (exact) mass is 366 g/mol. The van der Waals surface area contributed by atoms with Crippen LogP contribution in [0.1, 0.15) is 16.8 Å². The van der Waals surface area contributed by atoms with E-state index in [1.54, 1.807) is 0 Å². The molecule has 0 radical (unpaired) electrons. The van der Waals surface area contributed by atoms with Gasteiger partial charge in [0.05, 0.1) is 27.1 Å². The number of nitrogens with one attached hydrogen (secondary N) is 2. The third-order valence-corrected chi connectivity index (χ3v) is 5.30. The molecule has 132 valence electrons. The molecule has 2 aromatic heterocycles. The third kappa shape index (κ3) is 2.39. The molecule has 6 heteroatoms. The van der Waals surface area contributed by atoms with Crippen molar-refractivity contribution in [3.8, 4) is 0 Å². The number of hydrogen-bond donors (Lipinski definition) is 2. The van der Waals surface area contributed by atoms with Gasteiger partial charge in [0.25, 0.3) is 5.56 Å². The summed E-state index contributed by atoms with van der Waals surface area (Å²) < 4.78 is 1.91. The number of para-hydroxylation sites is 1. The Hall–Kier alpha value is -2.79. The molecule has 0 saturated carbocycles. The molecule has 0 bridgehead atoms. The maximum atomic E-state index is 12.7. The van der Waals surface area contributed by atoms with Gasteiger partial charge in [-0.1, -0.05) is 29.8 Å². The van der Waals surface area contributed by atoms with E-state index >= 15 is 0 Å². The van der Waals surface area contributed by atoms with Gasteiger partial charge in [0, 0.05) is 12.7 Å². The highest BCUT2D eigenvalue weighted by Crippen LogP contribution is 2.32. The zero-order valence-electron chi connectivity index (χ0n) is 15.1. The summed E-state index contributed by atoms with van der Waals surface area (Å²) in [7, 11) is 1.90. The Kier molecular flexibility index (Phi) is 3.77. The van der Waals surface area contributed by atoms with E-state index in [0.29, 0.717) is 16.4 Å². The molecule has 26 heavy (non-hydrogen) atoms. The number of aromatic nitrogens is 3. The van der Waals surface area contributed by atoms with Crippen LogP contribution >= 0.6 is 11.6 Å². The van der Waals surface area contributed by atoms with Gasteiger partial charge in [-0.25, -0.2) is 4.98 Å². The van der Waals surface area contributed by atoms with Crippen molar-refractivity contribution in [2.24, 2.45) is 7.05 Å². The lowest BCUT2D eigenvalue weighted by Gasteiger charge is -2.11. The van der Waals surface area contributed by atoms with Crippen molar-refractivity contribution in [1.82, 2.24) is 14.5 Å². The number of nitrogens with zero attached hydrogens (tertiary/aromatic N) is 2. The normalized spacial score (nSPS) is 11.4. The number of halogens is 1. The van der Waals surface area contributed by atoms with Gasteiger partial charge in [-0.15, -0.1) is 0 Å². The highest BCUT2D eigenvalue weighted by atomic mass is 35.5. The summed E-state index contributed by atoms with van der Waals surface area (Å²) in [4.78, 5) is 20.3. The van der Waals surface area contributed by atoms with Crippen LogP contribution in [0.25, 0.3) is 21.8 Å². The smallest absolute Gasteiger partial charge is 0.258 e. The Morgan fingerprint density at radius 1 is 1.15 bits per heavy atom. The average molecular weight is 367 g/mol.